The zero-order valence-electron chi connectivity index (χ0n) is 11.2. The standard InChI is InChI=1S/C15H13N3O2/c1-19-14-8-12(15(20-2)18-17-14)11-7-10-5-3-4-6-13(10)16-9-11/h3-9H,1-2H3. The Morgan fingerprint density at radius 2 is 1.80 bits per heavy atom. The molecule has 0 saturated heterocycles. The van der Waals surface area contributed by atoms with Crippen LogP contribution in [0, 0.1) is 0 Å². The normalized spacial score (nSPS) is 10.5. The van der Waals surface area contributed by atoms with Crippen molar-refractivity contribution in [3.05, 3.63) is 42.6 Å². The van der Waals surface area contributed by atoms with Gasteiger partial charge < -0.3 is 9.47 Å². The molecular formula is C15H13N3O2. The molecule has 0 aliphatic heterocycles. The topological polar surface area (TPSA) is 57.1 Å². The number of ether oxygens (including phenoxy) is 2. The number of benzene rings is 1. The molecular weight excluding hydrogens is 254 g/mol. The van der Waals surface area contributed by atoms with Crippen LogP contribution in [0.15, 0.2) is 42.6 Å². The van der Waals surface area contributed by atoms with Gasteiger partial charge in [0, 0.05) is 23.2 Å². The first kappa shape index (κ1) is 12.3. The molecule has 2 aromatic heterocycles. The maximum atomic E-state index is 5.25. The molecule has 2 heterocycles. The minimum absolute atomic E-state index is 0.439. The Morgan fingerprint density at radius 1 is 0.950 bits per heavy atom. The van der Waals surface area contributed by atoms with Crippen LogP contribution in [0.1, 0.15) is 0 Å². The zero-order valence-corrected chi connectivity index (χ0v) is 11.2. The number of rotatable bonds is 3. The molecule has 5 nitrogen and oxygen atoms in total. The molecule has 20 heavy (non-hydrogen) atoms. The van der Waals surface area contributed by atoms with E-state index in [0.29, 0.717) is 11.8 Å². The Kier molecular flexibility index (Phi) is 3.16. The predicted molar refractivity (Wildman–Crippen MR) is 75.9 cm³/mol. The highest BCUT2D eigenvalue weighted by Crippen LogP contribution is 2.30. The highest BCUT2D eigenvalue weighted by molar-refractivity contribution is 5.84. The van der Waals surface area contributed by atoms with Gasteiger partial charge >= 0.3 is 0 Å². The minimum atomic E-state index is 0.439. The zero-order chi connectivity index (χ0) is 13.9. The van der Waals surface area contributed by atoms with Gasteiger partial charge in [-0.25, -0.2) is 0 Å². The van der Waals surface area contributed by atoms with Gasteiger partial charge in [0.1, 0.15) is 0 Å². The Labute approximate surface area is 116 Å². The lowest BCUT2D eigenvalue weighted by Gasteiger charge is -2.08. The molecule has 3 aromatic rings. The van der Waals surface area contributed by atoms with Crippen LogP contribution in [0.5, 0.6) is 11.8 Å². The van der Waals surface area contributed by atoms with Gasteiger partial charge in [-0.3, -0.25) is 4.98 Å². The number of fused-ring (bicyclic) bond motifs is 1. The molecule has 0 saturated carbocycles. The third-order valence-corrected chi connectivity index (χ3v) is 3.04. The third kappa shape index (κ3) is 2.14. The molecule has 0 unspecified atom stereocenters. The average molecular weight is 267 g/mol. The number of pyridine rings is 1. The summed E-state index contributed by atoms with van der Waals surface area (Å²) < 4.78 is 10.4. The van der Waals surface area contributed by atoms with Crippen LogP contribution in [0.4, 0.5) is 0 Å². The summed E-state index contributed by atoms with van der Waals surface area (Å²) in [4.78, 5) is 4.44. The first-order valence-corrected chi connectivity index (χ1v) is 6.12. The molecule has 0 atom stereocenters. The second-order valence-corrected chi connectivity index (χ2v) is 4.23. The van der Waals surface area contributed by atoms with E-state index in [0.717, 1.165) is 22.0 Å². The van der Waals surface area contributed by atoms with E-state index >= 15 is 0 Å². The van der Waals surface area contributed by atoms with Gasteiger partial charge in [-0.15, -0.1) is 10.2 Å². The molecule has 0 spiro atoms. The van der Waals surface area contributed by atoms with E-state index in [4.69, 9.17) is 9.47 Å². The number of para-hydroxylation sites is 1. The van der Waals surface area contributed by atoms with Crippen molar-refractivity contribution >= 4 is 10.9 Å². The van der Waals surface area contributed by atoms with Crippen LogP contribution in [-0.4, -0.2) is 29.4 Å². The molecule has 0 amide bonds. The van der Waals surface area contributed by atoms with Crippen LogP contribution < -0.4 is 9.47 Å². The van der Waals surface area contributed by atoms with E-state index in [-0.39, 0.29) is 0 Å². The van der Waals surface area contributed by atoms with Gasteiger partial charge in [-0.2, -0.15) is 0 Å². The number of aromatic nitrogens is 3. The van der Waals surface area contributed by atoms with Crippen molar-refractivity contribution in [2.24, 2.45) is 0 Å². The summed E-state index contributed by atoms with van der Waals surface area (Å²) in [5.41, 5.74) is 2.66. The van der Waals surface area contributed by atoms with Crippen molar-refractivity contribution in [1.29, 1.82) is 0 Å². The molecule has 0 aliphatic rings. The Balaban J connectivity index is 2.18. The summed E-state index contributed by atoms with van der Waals surface area (Å²) in [5.74, 6) is 0.886. The molecule has 0 aliphatic carbocycles. The lowest BCUT2D eigenvalue weighted by molar-refractivity contribution is 0.369. The number of methoxy groups -OCH3 is 2. The number of nitrogens with zero attached hydrogens (tertiary/aromatic N) is 3. The van der Waals surface area contributed by atoms with Gasteiger partial charge in [0.05, 0.1) is 25.3 Å². The summed E-state index contributed by atoms with van der Waals surface area (Å²) in [6.07, 6.45) is 1.79. The van der Waals surface area contributed by atoms with Gasteiger partial charge in [-0.1, -0.05) is 18.2 Å². The highest BCUT2D eigenvalue weighted by atomic mass is 16.5. The summed E-state index contributed by atoms with van der Waals surface area (Å²) in [6, 6.07) is 11.8. The van der Waals surface area contributed by atoms with E-state index in [1.807, 2.05) is 30.3 Å². The SMILES string of the molecule is COc1cc(-c2cnc3ccccc3c2)c(OC)nn1. The lowest BCUT2D eigenvalue weighted by atomic mass is 10.1. The van der Waals surface area contributed by atoms with E-state index < -0.39 is 0 Å². The van der Waals surface area contributed by atoms with Crippen LogP contribution in [0.25, 0.3) is 22.0 Å². The third-order valence-electron chi connectivity index (χ3n) is 3.04. The predicted octanol–water partition coefficient (Wildman–Crippen LogP) is 2.71. The number of hydrogen-bond donors (Lipinski definition) is 0. The van der Waals surface area contributed by atoms with Gasteiger partial charge in [0.25, 0.3) is 0 Å². The van der Waals surface area contributed by atoms with E-state index in [2.05, 4.69) is 15.2 Å². The quantitative estimate of drug-likeness (QED) is 0.730. The van der Waals surface area contributed by atoms with Crippen molar-refractivity contribution in [3.8, 4) is 22.9 Å². The maximum absolute atomic E-state index is 5.25. The van der Waals surface area contributed by atoms with Crippen LogP contribution in [-0.2, 0) is 0 Å². The van der Waals surface area contributed by atoms with E-state index in [1.54, 1.807) is 26.5 Å². The molecule has 0 radical (unpaired) electrons. The molecule has 5 heteroatoms. The Hall–Kier alpha value is -2.69. The molecule has 0 bridgehead atoms. The van der Waals surface area contributed by atoms with E-state index in [9.17, 15) is 0 Å². The van der Waals surface area contributed by atoms with Crippen molar-refractivity contribution < 1.29 is 9.47 Å². The summed E-state index contributed by atoms with van der Waals surface area (Å²) in [5, 5.41) is 8.96. The number of hydrogen-bond acceptors (Lipinski definition) is 5. The largest absolute Gasteiger partial charge is 0.480 e. The molecule has 3 rings (SSSR count). The Morgan fingerprint density at radius 3 is 2.60 bits per heavy atom. The van der Waals surface area contributed by atoms with Gasteiger partial charge in [0.2, 0.25) is 11.8 Å². The van der Waals surface area contributed by atoms with Crippen molar-refractivity contribution in [2.75, 3.05) is 14.2 Å². The second kappa shape index (κ2) is 5.13. The first-order valence-electron chi connectivity index (χ1n) is 6.12. The monoisotopic (exact) mass is 267 g/mol. The fourth-order valence-corrected chi connectivity index (χ4v) is 2.04. The first-order chi connectivity index (χ1) is 9.81. The van der Waals surface area contributed by atoms with Gasteiger partial charge in [-0.05, 0) is 12.1 Å². The summed E-state index contributed by atoms with van der Waals surface area (Å²) in [6.45, 7) is 0. The fraction of sp³-hybridized carbons (Fsp3) is 0.133. The van der Waals surface area contributed by atoms with Gasteiger partial charge in [0.15, 0.2) is 0 Å². The molecule has 1 aromatic carbocycles. The maximum Gasteiger partial charge on any atom is 0.241 e. The molecule has 0 N–H and O–H groups in total. The second-order valence-electron chi connectivity index (χ2n) is 4.23. The smallest absolute Gasteiger partial charge is 0.241 e. The molecule has 100 valence electrons. The van der Waals surface area contributed by atoms with Crippen LogP contribution in [0.3, 0.4) is 0 Å². The van der Waals surface area contributed by atoms with Crippen molar-refractivity contribution in [1.82, 2.24) is 15.2 Å². The van der Waals surface area contributed by atoms with Crippen LogP contribution >= 0.6 is 0 Å². The van der Waals surface area contributed by atoms with Crippen molar-refractivity contribution in [3.63, 3.8) is 0 Å². The van der Waals surface area contributed by atoms with Crippen LogP contribution in [0.2, 0.25) is 0 Å². The highest BCUT2D eigenvalue weighted by Gasteiger charge is 2.11. The summed E-state index contributed by atoms with van der Waals surface area (Å²) in [7, 11) is 3.12. The minimum Gasteiger partial charge on any atom is -0.480 e. The molecule has 0 fully saturated rings. The average Bonchev–Trinajstić information content (AvgIpc) is 2.53. The Bertz CT molecular complexity index is 759. The fourth-order valence-electron chi connectivity index (χ4n) is 2.04. The van der Waals surface area contributed by atoms with Crippen molar-refractivity contribution in [2.45, 2.75) is 0 Å². The van der Waals surface area contributed by atoms with E-state index in [1.165, 1.54) is 0 Å². The summed E-state index contributed by atoms with van der Waals surface area (Å²) >= 11 is 0. The lowest BCUT2D eigenvalue weighted by Crippen LogP contribution is -1.97.